The SMILES string of the molecule is Cc1cccc(C(O)c2ccc(F)c(N)c2)c1. The molecule has 2 nitrogen and oxygen atoms in total. The first-order valence-corrected chi connectivity index (χ1v) is 5.37. The summed E-state index contributed by atoms with van der Waals surface area (Å²) in [6.07, 6.45) is -0.780. The van der Waals surface area contributed by atoms with Crippen molar-refractivity contribution in [2.24, 2.45) is 0 Å². The number of halogens is 1. The van der Waals surface area contributed by atoms with Crippen molar-refractivity contribution in [3.8, 4) is 0 Å². The van der Waals surface area contributed by atoms with E-state index < -0.39 is 11.9 Å². The van der Waals surface area contributed by atoms with Crippen molar-refractivity contribution < 1.29 is 9.50 Å². The summed E-state index contributed by atoms with van der Waals surface area (Å²) in [5, 5.41) is 10.2. The van der Waals surface area contributed by atoms with Crippen LogP contribution in [0, 0.1) is 12.7 Å². The molecule has 0 aliphatic heterocycles. The summed E-state index contributed by atoms with van der Waals surface area (Å²) in [4.78, 5) is 0. The highest BCUT2D eigenvalue weighted by Gasteiger charge is 2.11. The molecule has 0 aromatic heterocycles. The lowest BCUT2D eigenvalue weighted by atomic mass is 9.99. The molecular formula is C14H14FNO. The average molecular weight is 231 g/mol. The zero-order chi connectivity index (χ0) is 12.4. The number of nitrogen functional groups attached to an aromatic ring is 1. The van der Waals surface area contributed by atoms with Gasteiger partial charge in [-0.3, -0.25) is 0 Å². The summed E-state index contributed by atoms with van der Waals surface area (Å²) in [5.74, 6) is -0.467. The highest BCUT2D eigenvalue weighted by molar-refractivity contribution is 5.45. The van der Waals surface area contributed by atoms with Crippen LogP contribution in [0.2, 0.25) is 0 Å². The van der Waals surface area contributed by atoms with Crippen LogP contribution in [-0.2, 0) is 0 Å². The number of aliphatic hydroxyl groups excluding tert-OH is 1. The molecule has 0 spiro atoms. The predicted molar refractivity (Wildman–Crippen MR) is 66.1 cm³/mol. The van der Waals surface area contributed by atoms with E-state index in [0.717, 1.165) is 11.1 Å². The molecule has 0 saturated heterocycles. The van der Waals surface area contributed by atoms with Gasteiger partial charge in [-0.15, -0.1) is 0 Å². The summed E-state index contributed by atoms with van der Waals surface area (Å²) in [6, 6.07) is 11.8. The number of hydrogen-bond donors (Lipinski definition) is 2. The maximum Gasteiger partial charge on any atom is 0.146 e. The Labute approximate surface area is 99.5 Å². The second-order valence-corrected chi connectivity index (χ2v) is 4.10. The molecular weight excluding hydrogens is 217 g/mol. The first-order chi connectivity index (χ1) is 8.08. The third kappa shape index (κ3) is 2.45. The fourth-order valence-corrected chi connectivity index (χ4v) is 1.76. The fourth-order valence-electron chi connectivity index (χ4n) is 1.76. The van der Waals surface area contributed by atoms with Gasteiger partial charge in [0.1, 0.15) is 11.9 Å². The Morgan fingerprint density at radius 3 is 2.47 bits per heavy atom. The Hall–Kier alpha value is -1.87. The second kappa shape index (κ2) is 4.55. The normalized spacial score (nSPS) is 12.4. The molecule has 1 unspecified atom stereocenters. The van der Waals surface area contributed by atoms with Crippen molar-refractivity contribution >= 4 is 5.69 Å². The van der Waals surface area contributed by atoms with Crippen LogP contribution >= 0.6 is 0 Å². The van der Waals surface area contributed by atoms with Gasteiger partial charge in [-0.05, 0) is 30.2 Å². The van der Waals surface area contributed by atoms with Crippen LogP contribution in [0.5, 0.6) is 0 Å². The number of anilines is 1. The van der Waals surface area contributed by atoms with Gasteiger partial charge in [0.25, 0.3) is 0 Å². The van der Waals surface area contributed by atoms with Gasteiger partial charge in [-0.25, -0.2) is 4.39 Å². The minimum atomic E-state index is -0.780. The van der Waals surface area contributed by atoms with Crippen LogP contribution in [-0.4, -0.2) is 5.11 Å². The van der Waals surface area contributed by atoms with E-state index >= 15 is 0 Å². The molecule has 3 heteroatoms. The second-order valence-electron chi connectivity index (χ2n) is 4.10. The van der Waals surface area contributed by atoms with Gasteiger partial charge in [0.15, 0.2) is 0 Å². The van der Waals surface area contributed by atoms with Crippen LogP contribution in [0.15, 0.2) is 42.5 Å². The van der Waals surface area contributed by atoms with Crippen LogP contribution in [0.4, 0.5) is 10.1 Å². The maximum atomic E-state index is 13.0. The lowest BCUT2D eigenvalue weighted by Crippen LogP contribution is -2.02. The molecule has 0 aliphatic carbocycles. The van der Waals surface area contributed by atoms with Crippen molar-refractivity contribution in [1.29, 1.82) is 0 Å². The Bertz CT molecular complexity index is 539. The highest BCUT2D eigenvalue weighted by Crippen LogP contribution is 2.25. The predicted octanol–water partition coefficient (Wildman–Crippen LogP) is 2.80. The molecule has 17 heavy (non-hydrogen) atoms. The number of benzene rings is 2. The number of aryl methyl sites for hydroxylation is 1. The summed E-state index contributed by atoms with van der Waals surface area (Å²) in [6.45, 7) is 1.95. The minimum Gasteiger partial charge on any atom is -0.396 e. The van der Waals surface area contributed by atoms with Gasteiger partial charge in [0, 0.05) is 0 Å². The van der Waals surface area contributed by atoms with Crippen molar-refractivity contribution in [3.05, 3.63) is 65.0 Å². The topological polar surface area (TPSA) is 46.2 Å². The van der Waals surface area contributed by atoms with Gasteiger partial charge < -0.3 is 10.8 Å². The maximum absolute atomic E-state index is 13.0. The van der Waals surface area contributed by atoms with E-state index in [1.165, 1.54) is 12.1 Å². The molecule has 0 radical (unpaired) electrons. The van der Waals surface area contributed by atoms with Crippen molar-refractivity contribution in [1.82, 2.24) is 0 Å². The Morgan fingerprint density at radius 1 is 1.12 bits per heavy atom. The summed E-state index contributed by atoms with van der Waals surface area (Å²) in [5.41, 5.74) is 7.96. The summed E-state index contributed by atoms with van der Waals surface area (Å²) < 4.78 is 13.0. The zero-order valence-electron chi connectivity index (χ0n) is 9.52. The van der Waals surface area contributed by atoms with E-state index in [1.807, 2.05) is 31.2 Å². The molecule has 0 aliphatic rings. The molecule has 1 atom stereocenters. The molecule has 0 saturated carbocycles. The lowest BCUT2D eigenvalue weighted by molar-refractivity contribution is 0.220. The van der Waals surface area contributed by atoms with Crippen molar-refractivity contribution in [3.63, 3.8) is 0 Å². The molecule has 2 aromatic rings. The van der Waals surface area contributed by atoms with Crippen LogP contribution in [0.25, 0.3) is 0 Å². The van der Waals surface area contributed by atoms with Crippen molar-refractivity contribution in [2.75, 3.05) is 5.73 Å². The number of hydrogen-bond acceptors (Lipinski definition) is 2. The highest BCUT2D eigenvalue weighted by atomic mass is 19.1. The zero-order valence-corrected chi connectivity index (χ0v) is 9.52. The monoisotopic (exact) mass is 231 g/mol. The molecule has 88 valence electrons. The lowest BCUT2D eigenvalue weighted by Gasteiger charge is -2.12. The fraction of sp³-hybridized carbons (Fsp3) is 0.143. The Kier molecular flexibility index (Phi) is 3.11. The molecule has 2 aromatic carbocycles. The molecule has 3 N–H and O–H groups in total. The largest absolute Gasteiger partial charge is 0.396 e. The van der Waals surface area contributed by atoms with E-state index in [2.05, 4.69) is 0 Å². The average Bonchev–Trinajstić information content (AvgIpc) is 2.32. The smallest absolute Gasteiger partial charge is 0.146 e. The van der Waals surface area contributed by atoms with Crippen LogP contribution < -0.4 is 5.73 Å². The van der Waals surface area contributed by atoms with Crippen LogP contribution in [0.3, 0.4) is 0 Å². The van der Waals surface area contributed by atoms with E-state index in [4.69, 9.17) is 5.73 Å². The van der Waals surface area contributed by atoms with Crippen LogP contribution in [0.1, 0.15) is 22.8 Å². The van der Waals surface area contributed by atoms with Crippen molar-refractivity contribution in [2.45, 2.75) is 13.0 Å². The van der Waals surface area contributed by atoms with Gasteiger partial charge in [0.05, 0.1) is 5.69 Å². The third-order valence-corrected chi connectivity index (χ3v) is 2.69. The molecule has 2 rings (SSSR count). The van der Waals surface area contributed by atoms with E-state index in [0.29, 0.717) is 5.56 Å². The Morgan fingerprint density at radius 2 is 1.82 bits per heavy atom. The van der Waals surface area contributed by atoms with Gasteiger partial charge in [-0.1, -0.05) is 35.9 Å². The number of rotatable bonds is 2. The summed E-state index contributed by atoms with van der Waals surface area (Å²) >= 11 is 0. The Balaban J connectivity index is 2.36. The quantitative estimate of drug-likeness (QED) is 0.781. The molecule has 0 heterocycles. The molecule has 0 amide bonds. The summed E-state index contributed by atoms with van der Waals surface area (Å²) in [7, 11) is 0. The van der Waals surface area contributed by atoms with E-state index in [1.54, 1.807) is 6.07 Å². The number of aliphatic hydroxyl groups is 1. The standard InChI is InChI=1S/C14H14FNO/c1-9-3-2-4-10(7-9)14(17)11-5-6-12(15)13(16)8-11/h2-8,14,17H,16H2,1H3. The molecule has 0 bridgehead atoms. The first-order valence-electron chi connectivity index (χ1n) is 5.37. The third-order valence-electron chi connectivity index (χ3n) is 2.69. The molecule has 0 fully saturated rings. The van der Waals surface area contributed by atoms with E-state index in [-0.39, 0.29) is 5.69 Å². The minimum absolute atomic E-state index is 0.0502. The van der Waals surface area contributed by atoms with Gasteiger partial charge in [-0.2, -0.15) is 0 Å². The van der Waals surface area contributed by atoms with Gasteiger partial charge in [0.2, 0.25) is 0 Å². The number of nitrogens with two attached hydrogens (primary N) is 1. The first kappa shape index (κ1) is 11.6. The van der Waals surface area contributed by atoms with E-state index in [9.17, 15) is 9.50 Å². The van der Waals surface area contributed by atoms with Gasteiger partial charge >= 0.3 is 0 Å².